The van der Waals surface area contributed by atoms with Crippen LogP contribution in [0.1, 0.15) is 43.0 Å². The zero-order chi connectivity index (χ0) is 28.8. The number of ketones is 2. The van der Waals surface area contributed by atoms with E-state index in [-0.39, 0.29) is 27.9 Å². The maximum absolute atomic E-state index is 13.5. The Hall–Kier alpha value is -4.52. The molecule has 1 aliphatic rings. The summed E-state index contributed by atoms with van der Waals surface area (Å²) in [5, 5.41) is 3.01. The lowest BCUT2D eigenvalue weighted by molar-refractivity contribution is 0.0980. The van der Waals surface area contributed by atoms with Crippen molar-refractivity contribution in [1.29, 1.82) is 0 Å². The van der Waals surface area contributed by atoms with Crippen LogP contribution in [-0.2, 0) is 21.4 Å². The maximum atomic E-state index is 13.5. The summed E-state index contributed by atoms with van der Waals surface area (Å²) in [6, 6.07) is 19.1. The molecule has 10 nitrogen and oxygen atoms in total. The average Bonchev–Trinajstić information content (AvgIpc) is 2.90. The Morgan fingerprint density at radius 1 is 0.850 bits per heavy atom. The van der Waals surface area contributed by atoms with Gasteiger partial charge in [0.1, 0.15) is 10.6 Å². The molecular weight excluding hydrogens is 554 g/mol. The summed E-state index contributed by atoms with van der Waals surface area (Å²) in [5.41, 5.74) is 7.70. The van der Waals surface area contributed by atoms with E-state index in [2.05, 4.69) is 10.0 Å². The molecule has 0 heterocycles. The van der Waals surface area contributed by atoms with Crippen LogP contribution in [0.15, 0.2) is 77.7 Å². The standard InChI is InChI=1S/C28H23N3O7S2/c1-15-7-11-18(12-8-15)38-39(34)31-17-10-9-16(2)21(13-17)30-22-14-23(40(35,36)37)26(29)25-24(22)27(32)19-5-3-4-6-20(19)28(25)33/h3-14,30-31H,29H2,1-2H3,(H,35,36,37). The summed E-state index contributed by atoms with van der Waals surface area (Å²) < 4.78 is 54.9. The van der Waals surface area contributed by atoms with Gasteiger partial charge in [-0.3, -0.25) is 18.9 Å². The minimum atomic E-state index is -4.86. The highest BCUT2D eigenvalue weighted by atomic mass is 32.2. The molecule has 0 fully saturated rings. The summed E-state index contributed by atoms with van der Waals surface area (Å²) in [6.07, 6.45) is 0. The number of nitrogens with two attached hydrogens (primary N) is 1. The van der Waals surface area contributed by atoms with Crippen LogP contribution in [0.2, 0.25) is 0 Å². The van der Waals surface area contributed by atoms with Crippen LogP contribution < -0.4 is 20.0 Å². The van der Waals surface area contributed by atoms with E-state index in [9.17, 15) is 26.8 Å². The first-order valence-electron chi connectivity index (χ1n) is 11.9. The third kappa shape index (κ3) is 5.07. The quantitative estimate of drug-likeness (QED) is 0.158. The molecule has 5 rings (SSSR count). The number of hydrogen-bond acceptors (Lipinski definition) is 8. The smallest absolute Gasteiger partial charge is 0.316 e. The van der Waals surface area contributed by atoms with E-state index in [1.165, 1.54) is 12.1 Å². The highest BCUT2D eigenvalue weighted by molar-refractivity contribution is 7.86. The van der Waals surface area contributed by atoms with E-state index < -0.39 is 43.5 Å². The molecule has 5 N–H and O–H groups in total. The van der Waals surface area contributed by atoms with Crippen molar-refractivity contribution in [2.24, 2.45) is 0 Å². The van der Waals surface area contributed by atoms with Crippen LogP contribution in [0.25, 0.3) is 0 Å². The number of carbonyl (C=O) groups is 2. The topological polar surface area (TPSA) is 165 Å². The second kappa shape index (κ2) is 10.2. The Morgan fingerprint density at radius 3 is 2.10 bits per heavy atom. The van der Waals surface area contributed by atoms with Gasteiger partial charge in [0.15, 0.2) is 11.6 Å². The molecule has 0 aromatic heterocycles. The van der Waals surface area contributed by atoms with Crippen molar-refractivity contribution in [1.82, 2.24) is 0 Å². The molecule has 0 aliphatic heterocycles. The van der Waals surface area contributed by atoms with Gasteiger partial charge in [-0.15, -0.1) is 0 Å². The second-order valence-corrected chi connectivity index (χ2v) is 11.4. The minimum absolute atomic E-state index is 0.0537. The van der Waals surface area contributed by atoms with Crippen LogP contribution in [-0.4, -0.2) is 28.7 Å². The van der Waals surface area contributed by atoms with E-state index in [4.69, 9.17) is 9.92 Å². The summed E-state index contributed by atoms with van der Waals surface area (Å²) >= 11 is -1.95. The van der Waals surface area contributed by atoms with E-state index >= 15 is 0 Å². The predicted molar refractivity (Wildman–Crippen MR) is 152 cm³/mol. The van der Waals surface area contributed by atoms with Gasteiger partial charge < -0.3 is 15.2 Å². The van der Waals surface area contributed by atoms with E-state index in [1.807, 2.05) is 19.1 Å². The first kappa shape index (κ1) is 27.1. The molecule has 0 radical (unpaired) electrons. The lowest BCUT2D eigenvalue weighted by atomic mass is 9.82. The predicted octanol–water partition coefficient (Wildman–Crippen LogP) is 4.72. The SMILES string of the molecule is Cc1ccc(OS(=O)Nc2ccc(C)c(Nc3cc(S(=O)(=O)O)c(N)c4c3C(=O)c3ccccc3C4=O)c2)cc1. The normalized spacial score (nSPS) is 13.3. The molecule has 0 amide bonds. The highest BCUT2D eigenvalue weighted by Gasteiger charge is 2.36. The van der Waals surface area contributed by atoms with Crippen LogP contribution in [0.3, 0.4) is 0 Å². The highest BCUT2D eigenvalue weighted by Crippen LogP contribution is 2.40. The van der Waals surface area contributed by atoms with Crippen molar-refractivity contribution in [2.75, 3.05) is 15.8 Å². The summed E-state index contributed by atoms with van der Waals surface area (Å²) in [7, 11) is -4.86. The first-order valence-corrected chi connectivity index (χ1v) is 14.4. The fourth-order valence-corrected chi connectivity index (χ4v) is 5.66. The number of nitrogens with one attached hydrogen (secondary N) is 2. The van der Waals surface area contributed by atoms with Gasteiger partial charge in [-0.1, -0.05) is 48.0 Å². The van der Waals surface area contributed by atoms with Crippen LogP contribution in [0, 0.1) is 13.8 Å². The Labute approximate surface area is 232 Å². The van der Waals surface area contributed by atoms with Crippen molar-refractivity contribution >= 4 is 55.7 Å². The maximum Gasteiger partial charge on any atom is 0.316 e. The van der Waals surface area contributed by atoms with Crippen LogP contribution in [0.5, 0.6) is 5.75 Å². The molecule has 0 saturated heterocycles. The molecule has 12 heteroatoms. The summed E-state index contributed by atoms with van der Waals surface area (Å²) in [6.45, 7) is 3.67. The van der Waals surface area contributed by atoms with Gasteiger partial charge in [-0.05, 0) is 49.7 Å². The second-order valence-electron chi connectivity index (χ2n) is 9.15. The van der Waals surface area contributed by atoms with E-state index in [0.29, 0.717) is 22.7 Å². The molecular formula is C28H23N3O7S2. The minimum Gasteiger partial charge on any atom is -0.397 e. The van der Waals surface area contributed by atoms with Gasteiger partial charge in [0.2, 0.25) is 0 Å². The fourth-order valence-electron chi connectivity index (χ4n) is 4.37. The number of fused-ring (bicyclic) bond motifs is 2. The number of benzene rings is 4. The third-order valence-corrected chi connectivity index (χ3v) is 8.02. The molecule has 40 heavy (non-hydrogen) atoms. The lowest BCUT2D eigenvalue weighted by Crippen LogP contribution is -2.25. The van der Waals surface area contributed by atoms with E-state index in [0.717, 1.165) is 11.6 Å². The molecule has 4 aromatic rings. The van der Waals surface area contributed by atoms with Crippen LogP contribution in [0.4, 0.5) is 22.7 Å². The molecule has 4 aromatic carbocycles. The Bertz CT molecular complexity index is 1840. The van der Waals surface area contributed by atoms with Crippen molar-refractivity contribution in [3.63, 3.8) is 0 Å². The molecule has 1 unspecified atom stereocenters. The van der Waals surface area contributed by atoms with E-state index in [1.54, 1.807) is 49.4 Å². The number of nitrogen functional groups attached to an aromatic ring is 1. The molecule has 0 saturated carbocycles. The molecule has 0 bridgehead atoms. The average molecular weight is 578 g/mol. The van der Waals surface area contributed by atoms with Gasteiger partial charge in [0, 0.05) is 16.8 Å². The number of carbonyl (C=O) groups excluding carboxylic acids is 2. The Kier molecular flexibility index (Phi) is 6.92. The van der Waals surface area contributed by atoms with Crippen molar-refractivity contribution in [3.8, 4) is 5.75 Å². The van der Waals surface area contributed by atoms with Crippen molar-refractivity contribution in [2.45, 2.75) is 18.7 Å². The molecule has 1 aliphatic carbocycles. The number of rotatable bonds is 7. The Balaban J connectivity index is 1.55. The number of hydrogen-bond donors (Lipinski definition) is 4. The van der Waals surface area contributed by atoms with Gasteiger partial charge >= 0.3 is 11.3 Å². The van der Waals surface area contributed by atoms with Crippen molar-refractivity contribution in [3.05, 3.63) is 106 Å². The Morgan fingerprint density at radius 2 is 1.48 bits per heavy atom. The summed E-state index contributed by atoms with van der Waals surface area (Å²) in [4.78, 5) is 26.2. The lowest BCUT2D eigenvalue weighted by Gasteiger charge is -2.24. The van der Waals surface area contributed by atoms with Gasteiger partial charge in [-0.2, -0.15) is 12.6 Å². The number of anilines is 4. The first-order chi connectivity index (χ1) is 18.9. The summed E-state index contributed by atoms with van der Waals surface area (Å²) in [5.74, 6) is -0.788. The third-order valence-electron chi connectivity index (χ3n) is 6.38. The largest absolute Gasteiger partial charge is 0.397 e. The van der Waals surface area contributed by atoms with Crippen molar-refractivity contribution < 1.29 is 31.0 Å². The molecule has 204 valence electrons. The van der Waals surface area contributed by atoms with Gasteiger partial charge in [0.25, 0.3) is 10.1 Å². The van der Waals surface area contributed by atoms with Gasteiger partial charge in [0.05, 0.1) is 28.2 Å². The molecule has 0 spiro atoms. The molecule has 1 atom stereocenters. The zero-order valence-corrected chi connectivity index (χ0v) is 22.9. The van der Waals surface area contributed by atoms with Gasteiger partial charge in [-0.25, -0.2) is 0 Å². The zero-order valence-electron chi connectivity index (χ0n) is 21.2. The van der Waals surface area contributed by atoms with Crippen LogP contribution >= 0.6 is 0 Å². The fraction of sp³-hybridized carbons (Fsp3) is 0.0714. The monoisotopic (exact) mass is 577 g/mol. The number of aryl methyl sites for hydroxylation is 2.